The molecule has 0 aliphatic heterocycles. The molecule has 0 spiro atoms. The Morgan fingerprint density at radius 1 is 1.12 bits per heavy atom. The van der Waals surface area contributed by atoms with Crippen LogP contribution in [-0.2, 0) is 19.2 Å². The highest BCUT2D eigenvalue weighted by atomic mass is 32.1. The summed E-state index contributed by atoms with van der Waals surface area (Å²) in [6, 6.07) is -2.93. The van der Waals surface area contributed by atoms with Gasteiger partial charge in [-0.3, -0.25) is 14.4 Å². The van der Waals surface area contributed by atoms with Crippen molar-refractivity contribution in [1.82, 2.24) is 10.6 Å². The lowest BCUT2D eigenvalue weighted by Gasteiger charge is -2.20. The van der Waals surface area contributed by atoms with Crippen LogP contribution in [-0.4, -0.2) is 57.8 Å². The molecular weight excluding hydrogens is 338 g/mol. The number of carboxylic acids is 2. The molecule has 0 aromatic heterocycles. The third kappa shape index (κ3) is 6.75. The van der Waals surface area contributed by atoms with Gasteiger partial charge in [0, 0.05) is 12.2 Å². The zero-order valence-corrected chi connectivity index (χ0v) is 14.0. The van der Waals surface area contributed by atoms with Crippen molar-refractivity contribution in [2.75, 3.05) is 5.75 Å². The Bertz CT molecular complexity index is 497. The molecule has 10 heteroatoms. The highest BCUT2D eigenvalue weighted by Crippen LogP contribution is 2.32. The zero-order valence-electron chi connectivity index (χ0n) is 13.1. The monoisotopic (exact) mass is 361 g/mol. The van der Waals surface area contributed by atoms with Gasteiger partial charge >= 0.3 is 11.9 Å². The van der Waals surface area contributed by atoms with Gasteiger partial charge in [0.2, 0.25) is 11.8 Å². The second kappa shape index (κ2) is 9.48. The van der Waals surface area contributed by atoms with Crippen LogP contribution < -0.4 is 16.4 Å². The summed E-state index contributed by atoms with van der Waals surface area (Å²) in [5.41, 5.74) is 5.33. The van der Waals surface area contributed by atoms with Gasteiger partial charge in [-0.05, 0) is 31.6 Å². The van der Waals surface area contributed by atoms with Crippen LogP contribution >= 0.6 is 12.6 Å². The number of carbonyl (C=O) groups excluding carboxylic acids is 2. The Labute approximate surface area is 144 Å². The quantitative estimate of drug-likeness (QED) is 0.256. The van der Waals surface area contributed by atoms with Gasteiger partial charge < -0.3 is 26.6 Å². The van der Waals surface area contributed by atoms with Gasteiger partial charge in [0.25, 0.3) is 0 Å². The molecule has 1 fully saturated rings. The number of hydrogen-bond acceptors (Lipinski definition) is 6. The van der Waals surface area contributed by atoms with Gasteiger partial charge in [-0.25, -0.2) is 4.79 Å². The van der Waals surface area contributed by atoms with E-state index < -0.39 is 41.9 Å². The minimum absolute atomic E-state index is 0.0171. The molecule has 0 aromatic carbocycles. The van der Waals surface area contributed by atoms with Crippen LogP contribution in [0.15, 0.2) is 0 Å². The van der Waals surface area contributed by atoms with Crippen molar-refractivity contribution in [2.24, 2.45) is 11.7 Å². The number of amides is 2. The third-order valence-corrected chi connectivity index (χ3v) is 4.09. The first-order chi connectivity index (χ1) is 11.3. The summed E-state index contributed by atoms with van der Waals surface area (Å²) in [5.74, 6) is -3.33. The fraction of sp³-hybridized carbons (Fsp3) is 0.714. The fourth-order valence-corrected chi connectivity index (χ4v) is 2.39. The third-order valence-electron chi connectivity index (χ3n) is 3.73. The van der Waals surface area contributed by atoms with Crippen molar-refractivity contribution in [3.05, 3.63) is 0 Å². The number of nitrogens with one attached hydrogen (secondary N) is 2. The molecule has 1 aliphatic carbocycles. The number of carbonyl (C=O) groups is 4. The number of hydrogen-bond donors (Lipinski definition) is 6. The van der Waals surface area contributed by atoms with Gasteiger partial charge in [-0.15, -0.1) is 0 Å². The van der Waals surface area contributed by atoms with E-state index in [1.54, 1.807) is 0 Å². The molecule has 9 nitrogen and oxygen atoms in total. The molecule has 0 saturated heterocycles. The van der Waals surface area contributed by atoms with E-state index in [4.69, 9.17) is 15.9 Å². The first-order valence-electron chi connectivity index (χ1n) is 7.68. The van der Waals surface area contributed by atoms with Crippen molar-refractivity contribution in [3.63, 3.8) is 0 Å². The standard InChI is InChI=1S/C14H23N3O6S/c15-8(13(20)21)2-1-3-10(18)16-9(6-24)12(19)17-11(14(22)23)7-4-5-7/h7-9,11,24H,1-6,15H2,(H,16,18)(H,17,19)(H,20,21)(H,22,23)/t8-,9-,11+/m0/s1. The second-order valence-corrected chi connectivity index (χ2v) is 6.17. The number of nitrogens with two attached hydrogens (primary N) is 1. The molecular formula is C14H23N3O6S. The van der Waals surface area contributed by atoms with E-state index in [2.05, 4.69) is 23.3 Å². The van der Waals surface area contributed by atoms with Crippen LogP contribution in [0.2, 0.25) is 0 Å². The highest BCUT2D eigenvalue weighted by molar-refractivity contribution is 7.80. The van der Waals surface area contributed by atoms with Gasteiger partial charge in [0.05, 0.1) is 0 Å². The molecule has 6 N–H and O–H groups in total. The largest absolute Gasteiger partial charge is 0.480 e. The van der Waals surface area contributed by atoms with Gasteiger partial charge in [-0.2, -0.15) is 12.6 Å². The van der Waals surface area contributed by atoms with Crippen LogP contribution in [0.25, 0.3) is 0 Å². The molecule has 2 amide bonds. The SMILES string of the molecule is N[C@@H](CCCC(=O)N[C@@H](CS)C(=O)N[C@@H](C(=O)O)C1CC1)C(=O)O. The van der Waals surface area contributed by atoms with Gasteiger partial charge in [0.1, 0.15) is 18.1 Å². The van der Waals surface area contributed by atoms with Crippen LogP contribution in [0, 0.1) is 5.92 Å². The zero-order chi connectivity index (χ0) is 18.3. The van der Waals surface area contributed by atoms with Crippen molar-refractivity contribution in [3.8, 4) is 0 Å². The van der Waals surface area contributed by atoms with E-state index in [1.807, 2.05) is 0 Å². The summed E-state index contributed by atoms with van der Waals surface area (Å²) in [5, 5.41) is 22.6. The molecule has 1 rings (SSSR count). The van der Waals surface area contributed by atoms with E-state index in [0.29, 0.717) is 0 Å². The topological polar surface area (TPSA) is 159 Å². The predicted octanol–water partition coefficient (Wildman–Crippen LogP) is -1.04. The smallest absolute Gasteiger partial charge is 0.326 e. The fourth-order valence-electron chi connectivity index (χ4n) is 2.13. The average molecular weight is 361 g/mol. The lowest BCUT2D eigenvalue weighted by Crippen LogP contribution is -2.53. The first-order valence-corrected chi connectivity index (χ1v) is 8.31. The predicted molar refractivity (Wildman–Crippen MR) is 87.5 cm³/mol. The van der Waals surface area contributed by atoms with Crippen molar-refractivity contribution in [1.29, 1.82) is 0 Å². The molecule has 1 aliphatic rings. The molecule has 0 heterocycles. The number of thiol groups is 1. The molecule has 136 valence electrons. The van der Waals surface area contributed by atoms with Crippen LogP contribution in [0.1, 0.15) is 32.1 Å². The summed E-state index contributed by atoms with van der Waals surface area (Å²) in [4.78, 5) is 45.6. The van der Waals surface area contributed by atoms with E-state index >= 15 is 0 Å². The summed E-state index contributed by atoms with van der Waals surface area (Å²) in [6.07, 6.45) is 1.92. The van der Waals surface area contributed by atoms with Gasteiger partial charge in [0.15, 0.2) is 0 Å². The average Bonchev–Trinajstić information content (AvgIpc) is 3.33. The maximum atomic E-state index is 12.1. The second-order valence-electron chi connectivity index (χ2n) is 5.80. The summed E-state index contributed by atoms with van der Waals surface area (Å²) >= 11 is 4.00. The van der Waals surface area contributed by atoms with E-state index in [9.17, 15) is 19.2 Å². The van der Waals surface area contributed by atoms with Gasteiger partial charge in [-0.1, -0.05) is 0 Å². The molecule has 0 bridgehead atoms. The Balaban J connectivity index is 2.41. The number of carboxylic acid groups (broad SMARTS) is 2. The van der Waals surface area contributed by atoms with E-state index in [-0.39, 0.29) is 30.9 Å². The van der Waals surface area contributed by atoms with E-state index in [1.165, 1.54) is 0 Å². The minimum Gasteiger partial charge on any atom is -0.480 e. The van der Waals surface area contributed by atoms with Crippen LogP contribution in [0.3, 0.4) is 0 Å². The molecule has 0 radical (unpaired) electrons. The maximum Gasteiger partial charge on any atom is 0.326 e. The number of aliphatic carboxylic acids is 2. The summed E-state index contributed by atoms with van der Waals surface area (Å²) in [7, 11) is 0. The van der Waals surface area contributed by atoms with Crippen molar-refractivity contribution >= 4 is 36.4 Å². The Kier molecular flexibility index (Phi) is 7.99. The molecule has 3 atom stereocenters. The number of rotatable bonds is 11. The van der Waals surface area contributed by atoms with Crippen molar-refractivity contribution in [2.45, 2.75) is 50.2 Å². The van der Waals surface area contributed by atoms with E-state index in [0.717, 1.165) is 12.8 Å². The maximum absolute atomic E-state index is 12.1. The highest BCUT2D eigenvalue weighted by Gasteiger charge is 2.38. The normalized spacial score (nSPS) is 17.4. The Hall–Kier alpha value is -1.81. The Morgan fingerprint density at radius 3 is 2.21 bits per heavy atom. The molecule has 0 aromatic rings. The molecule has 24 heavy (non-hydrogen) atoms. The summed E-state index contributed by atoms with van der Waals surface area (Å²) in [6.45, 7) is 0. The van der Waals surface area contributed by atoms with Crippen LogP contribution in [0.4, 0.5) is 0 Å². The minimum atomic E-state index is -1.14. The summed E-state index contributed by atoms with van der Waals surface area (Å²) < 4.78 is 0. The van der Waals surface area contributed by atoms with Crippen LogP contribution in [0.5, 0.6) is 0 Å². The van der Waals surface area contributed by atoms with Crippen molar-refractivity contribution < 1.29 is 29.4 Å². The first kappa shape index (κ1) is 20.2. The molecule has 1 saturated carbocycles. The lowest BCUT2D eigenvalue weighted by atomic mass is 10.1. The molecule has 0 unspecified atom stereocenters. The lowest BCUT2D eigenvalue weighted by molar-refractivity contribution is -0.142. The Morgan fingerprint density at radius 2 is 1.75 bits per heavy atom.